The summed E-state index contributed by atoms with van der Waals surface area (Å²) in [5, 5.41) is 4.71. The quantitative estimate of drug-likeness (QED) is 0.150. The molecule has 0 aliphatic heterocycles. The largest absolute Gasteiger partial charge is 0.309 e. The Morgan fingerprint density at radius 1 is 0.312 bits per heavy atom. The molecule has 9 aromatic carbocycles. The first-order valence-electron chi connectivity index (χ1n) is 28.0. The van der Waals surface area contributed by atoms with Gasteiger partial charge in [0.05, 0.1) is 40.0 Å². The van der Waals surface area contributed by atoms with Crippen LogP contribution >= 0.6 is 0 Å². The molecule has 6 nitrogen and oxygen atoms in total. The average Bonchev–Trinajstić information content (AvgIpc) is 3.99. The molecular weight excluding hydrogens is 973 g/mol. The van der Waals surface area contributed by atoms with Crippen molar-refractivity contribution >= 4 is 49.3 Å². The maximum absolute atomic E-state index is 7.95. The fourth-order valence-electron chi connectivity index (χ4n) is 11.3. The van der Waals surface area contributed by atoms with Gasteiger partial charge < -0.3 is 9.13 Å². The van der Waals surface area contributed by atoms with Crippen LogP contribution in [0.4, 0.5) is 5.69 Å². The Kier molecular flexibility index (Phi) is 12.4. The van der Waals surface area contributed by atoms with Crippen molar-refractivity contribution in [1.82, 2.24) is 24.1 Å². The van der Waals surface area contributed by atoms with Gasteiger partial charge in [-0.15, -0.1) is 0 Å². The van der Waals surface area contributed by atoms with E-state index >= 15 is 0 Å². The van der Waals surface area contributed by atoms with Gasteiger partial charge in [-0.3, -0.25) is 0 Å². The van der Waals surface area contributed by atoms with E-state index in [0.717, 1.165) is 72.4 Å². The van der Waals surface area contributed by atoms with Crippen molar-refractivity contribution in [2.75, 3.05) is 0 Å². The number of nitrogens with zero attached hydrogens (tertiary/aromatic N) is 6. The van der Waals surface area contributed by atoms with E-state index in [1.165, 1.54) is 43.8 Å². The lowest BCUT2D eigenvalue weighted by Crippen LogP contribution is -2.17. The number of para-hydroxylation sites is 4. The lowest BCUT2D eigenvalue weighted by molar-refractivity contribution is 0.568. The van der Waals surface area contributed by atoms with Crippen molar-refractivity contribution in [2.45, 2.75) is 105 Å². The summed E-state index contributed by atoms with van der Waals surface area (Å²) < 4.78 is 4.85. The Morgan fingerprint density at radius 2 is 0.688 bits per heavy atom. The van der Waals surface area contributed by atoms with Crippen LogP contribution in [0.15, 0.2) is 194 Å². The second-order valence-electron chi connectivity index (χ2n) is 25.8. The van der Waals surface area contributed by atoms with E-state index in [0.29, 0.717) is 23.2 Å². The van der Waals surface area contributed by atoms with Gasteiger partial charge in [0.25, 0.3) is 0 Å². The third-order valence-electron chi connectivity index (χ3n) is 16.0. The van der Waals surface area contributed by atoms with Crippen LogP contribution in [0.3, 0.4) is 0 Å². The fraction of sp³-hybridized carbons (Fsp3) is 0.216. The molecule has 0 spiro atoms. The molecule has 0 aliphatic carbocycles. The summed E-state index contributed by atoms with van der Waals surface area (Å²) in [6, 6.07) is 70.2. The molecule has 0 radical (unpaired) electrons. The van der Waals surface area contributed by atoms with Gasteiger partial charge in [-0.05, 0) is 134 Å². The molecule has 0 fully saturated rings. The van der Waals surface area contributed by atoms with Crippen LogP contribution in [0.5, 0.6) is 0 Å². The highest BCUT2D eigenvalue weighted by Gasteiger charge is 2.27. The van der Waals surface area contributed by atoms with Crippen molar-refractivity contribution in [3.05, 3.63) is 228 Å². The minimum absolute atomic E-state index is 0.127. The molecule has 0 saturated carbocycles. The number of aromatic nitrogens is 5. The van der Waals surface area contributed by atoms with Gasteiger partial charge in [-0.2, -0.15) is 0 Å². The van der Waals surface area contributed by atoms with Crippen LogP contribution in [0.1, 0.15) is 105 Å². The van der Waals surface area contributed by atoms with E-state index in [-0.39, 0.29) is 21.7 Å². The molecule has 6 heteroatoms. The van der Waals surface area contributed by atoms with Gasteiger partial charge in [-0.25, -0.2) is 19.8 Å². The number of hydrogen-bond acceptors (Lipinski definition) is 3. The maximum atomic E-state index is 7.95. The molecule has 80 heavy (non-hydrogen) atoms. The lowest BCUT2D eigenvalue weighted by atomic mass is 9.79. The summed E-state index contributed by atoms with van der Waals surface area (Å²) in [6.07, 6.45) is 0. The van der Waals surface area contributed by atoms with Crippen LogP contribution < -0.4 is 0 Å². The van der Waals surface area contributed by atoms with Crippen LogP contribution in [0, 0.1) is 6.57 Å². The van der Waals surface area contributed by atoms with Crippen molar-refractivity contribution in [1.29, 1.82) is 0 Å². The minimum atomic E-state index is -0.127. The third-order valence-corrected chi connectivity index (χ3v) is 16.0. The van der Waals surface area contributed by atoms with E-state index in [1.54, 1.807) is 0 Å². The van der Waals surface area contributed by atoms with Crippen molar-refractivity contribution in [2.24, 2.45) is 0 Å². The van der Waals surface area contributed by atoms with Crippen LogP contribution in [-0.4, -0.2) is 24.1 Å². The molecule has 0 atom stereocenters. The number of benzene rings is 9. The van der Waals surface area contributed by atoms with Crippen LogP contribution in [-0.2, 0) is 21.7 Å². The zero-order chi connectivity index (χ0) is 56.0. The Bertz CT molecular complexity index is 4210. The van der Waals surface area contributed by atoms with E-state index in [2.05, 4.69) is 273 Å². The highest BCUT2D eigenvalue weighted by atomic mass is 15.0. The smallest absolute Gasteiger partial charge is 0.187 e. The van der Waals surface area contributed by atoms with E-state index in [1.807, 2.05) is 18.2 Å². The van der Waals surface area contributed by atoms with Crippen molar-refractivity contribution in [3.63, 3.8) is 0 Å². The van der Waals surface area contributed by atoms with Crippen molar-refractivity contribution in [3.8, 4) is 67.8 Å². The molecule has 3 heterocycles. The Balaban J connectivity index is 1.20. The molecule has 0 N–H and O–H groups in total. The zero-order valence-corrected chi connectivity index (χ0v) is 48.2. The van der Waals surface area contributed by atoms with E-state index in [9.17, 15) is 0 Å². The highest BCUT2D eigenvalue weighted by molar-refractivity contribution is 6.11. The molecule has 0 saturated heterocycles. The van der Waals surface area contributed by atoms with Gasteiger partial charge in [0.2, 0.25) is 0 Å². The molecule has 12 aromatic rings. The lowest BCUT2D eigenvalue weighted by Gasteiger charge is -2.26. The predicted octanol–water partition coefficient (Wildman–Crippen LogP) is 20.1. The van der Waals surface area contributed by atoms with Gasteiger partial charge in [0.15, 0.2) is 23.2 Å². The topological polar surface area (TPSA) is 52.9 Å². The Labute approximate surface area is 471 Å². The molecule has 0 amide bonds. The Hall–Kier alpha value is -8.92. The van der Waals surface area contributed by atoms with Gasteiger partial charge in [0, 0.05) is 49.4 Å². The highest BCUT2D eigenvalue weighted by Crippen LogP contribution is 2.45. The fourth-order valence-corrected chi connectivity index (χ4v) is 11.3. The summed E-state index contributed by atoms with van der Waals surface area (Å²) >= 11 is 0. The average molecular weight is 1040 g/mol. The molecule has 12 rings (SSSR count). The second kappa shape index (κ2) is 19.2. The first-order valence-corrected chi connectivity index (χ1v) is 28.0. The molecular formula is C74H68N6. The number of fused-ring (bicyclic) bond motifs is 6. The number of rotatable bonds is 7. The minimum Gasteiger partial charge on any atom is -0.309 e. The summed E-state index contributed by atoms with van der Waals surface area (Å²) in [4.78, 5) is 20.5. The van der Waals surface area contributed by atoms with Gasteiger partial charge in [0.1, 0.15) is 0 Å². The molecule has 394 valence electrons. The third kappa shape index (κ3) is 9.35. The molecule has 3 aromatic heterocycles. The molecule has 0 bridgehead atoms. The Morgan fingerprint density at radius 3 is 1.10 bits per heavy atom. The first kappa shape index (κ1) is 51.8. The van der Waals surface area contributed by atoms with Crippen molar-refractivity contribution < 1.29 is 0 Å². The van der Waals surface area contributed by atoms with Crippen LogP contribution in [0.25, 0.3) is 116 Å². The van der Waals surface area contributed by atoms with Crippen LogP contribution in [0.2, 0.25) is 0 Å². The predicted molar refractivity (Wildman–Crippen MR) is 337 cm³/mol. The standard InChI is InChI=1S/C74H68N6/c1-71(2,3)51-37-49(38-52(44-51)72(4,5)6)69-76-68(77-70(78-69)50-39-53(73(7,8)9)45-54(40-50)74(10,11)12)48-34-36-66(79-62-29-18-14-25-56(62)57-26-15-19-30-63(57)79)61(42-48)60-35-33-47(46-23-22-24-55(41-46)75-13)43-67(60)80-64-31-20-16-27-58(64)59-28-17-21-32-65(59)80/h14-45H,1-12H3. The summed E-state index contributed by atoms with van der Waals surface area (Å²) in [5.41, 5.74) is 18.3. The van der Waals surface area contributed by atoms with Gasteiger partial charge in [-0.1, -0.05) is 198 Å². The summed E-state index contributed by atoms with van der Waals surface area (Å²) in [7, 11) is 0. The molecule has 0 unspecified atom stereocenters. The normalized spacial score (nSPS) is 12.5. The number of hydrogen-bond donors (Lipinski definition) is 0. The SMILES string of the molecule is [C-]#[N+]c1cccc(-c2ccc(-c3cc(-c4nc(-c5cc(C(C)(C)C)cc(C(C)(C)C)c5)nc(-c5cc(C(C)(C)C)cc(C(C)(C)C)c5)n4)ccc3-n3c4ccccc4c4ccccc43)c(-n3c4ccccc4c4ccccc43)c2)c1. The van der Waals surface area contributed by atoms with E-state index < -0.39 is 0 Å². The molecule has 0 aliphatic rings. The summed E-state index contributed by atoms with van der Waals surface area (Å²) in [6.45, 7) is 35.3. The second-order valence-corrected chi connectivity index (χ2v) is 25.8. The maximum Gasteiger partial charge on any atom is 0.187 e. The summed E-state index contributed by atoms with van der Waals surface area (Å²) in [5.74, 6) is 1.85. The first-order chi connectivity index (χ1) is 38.1. The van der Waals surface area contributed by atoms with E-state index in [4.69, 9.17) is 21.5 Å². The zero-order valence-electron chi connectivity index (χ0n) is 48.2. The monoisotopic (exact) mass is 1040 g/mol. The van der Waals surface area contributed by atoms with Gasteiger partial charge >= 0.3 is 0 Å².